The third kappa shape index (κ3) is 1.59. The van der Waals surface area contributed by atoms with Gasteiger partial charge in [0.05, 0.1) is 19.0 Å². The van der Waals surface area contributed by atoms with Crippen molar-refractivity contribution in [2.75, 3.05) is 12.0 Å². The molecule has 0 radical (unpaired) electrons. The number of carbonyl (C=O) groups is 3. The maximum absolute atomic E-state index is 12.5. The fourth-order valence-electron chi connectivity index (χ4n) is 2.51. The summed E-state index contributed by atoms with van der Waals surface area (Å²) in [5.41, 5.74) is -0.750. The molecule has 1 saturated carbocycles. The number of carbonyl (C=O) groups excluding carboxylic acids is 3. The molecule has 1 aromatic rings. The fraction of sp³-hybridized carbons (Fsp3) is 0.385. The third-order valence-electron chi connectivity index (χ3n) is 3.87. The van der Waals surface area contributed by atoms with Crippen molar-refractivity contribution in [3.63, 3.8) is 0 Å². The molecular weight excluding hydrogens is 262 g/mol. The van der Waals surface area contributed by atoms with Crippen LogP contribution in [-0.4, -0.2) is 29.9 Å². The van der Waals surface area contributed by atoms with E-state index >= 15 is 0 Å². The summed E-state index contributed by atoms with van der Waals surface area (Å²) in [7, 11) is 1.47. The van der Waals surface area contributed by atoms with E-state index < -0.39 is 23.3 Å². The summed E-state index contributed by atoms with van der Waals surface area (Å²) in [5.74, 6) is -0.575. The lowest BCUT2D eigenvalue weighted by Gasteiger charge is -2.44. The number of nitrogens with zero attached hydrogens (tertiary/aromatic N) is 2. The number of anilines is 1. The van der Waals surface area contributed by atoms with E-state index in [1.54, 1.807) is 12.1 Å². The van der Waals surface area contributed by atoms with Crippen molar-refractivity contribution < 1.29 is 19.1 Å². The second-order valence-corrected chi connectivity index (χ2v) is 4.89. The molecule has 0 unspecified atom stereocenters. The molecule has 4 amide bonds. The smallest absolute Gasteiger partial charge is 0.335 e. The molecule has 0 bridgehead atoms. The number of aromatic nitrogens is 1. The number of rotatable bonds is 2. The van der Waals surface area contributed by atoms with E-state index in [2.05, 4.69) is 10.3 Å². The number of nitrogens with one attached hydrogen (secondary N) is 1. The van der Waals surface area contributed by atoms with Gasteiger partial charge in [-0.3, -0.25) is 14.9 Å². The first-order valence-electron chi connectivity index (χ1n) is 6.28. The second kappa shape index (κ2) is 4.29. The van der Waals surface area contributed by atoms with Crippen molar-refractivity contribution in [2.45, 2.75) is 19.3 Å². The highest BCUT2D eigenvalue weighted by Crippen LogP contribution is 2.45. The Kier molecular flexibility index (Phi) is 2.70. The number of urea groups is 1. The zero-order valence-corrected chi connectivity index (χ0v) is 10.9. The van der Waals surface area contributed by atoms with Crippen LogP contribution < -0.4 is 15.0 Å². The summed E-state index contributed by atoms with van der Waals surface area (Å²) in [6, 6.07) is 2.38. The first-order chi connectivity index (χ1) is 9.58. The van der Waals surface area contributed by atoms with E-state index in [9.17, 15) is 14.4 Å². The number of imide groups is 2. The van der Waals surface area contributed by atoms with Gasteiger partial charge in [-0.05, 0) is 18.9 Å². The van der Waals surface area contributed by atoms with Gasteiger partial charge in [0.25, 0.3) is 5.91 Å². The monoisotopic (exact) mass is 275 g/mol. The summed E-state index contributed by atoms with van der Waals surface area (Å²) in [5, 5.41) is 2.25. The molecule has 2 heterocycles. The number of barbiturate groups is 1. The molecule has 3 rings (SSSR count). The van der Waals surface area contributed by atoms with Crippen LogP contribution in [0.2, 0.25) is 0 Å². The van der Waals surface area contributed by atoms with Gasteiger partial charge in [-0.15, -0.1) is 0 Å². The van der Waals surface area contributed by atoms with E-state index in [0.29, 0.717) is 24.4 Å². The van der Waals surface area contributed by atoms with Crippen molar-refractivity contribution >= 4 is 23.5 Å². The van der Waals surface area contributed by atoms with Gasteiger partial charge >= 0.3 is 6.03 Å². The molecule has 0 atom stereocenters. The predicted molar refractivity (Wildman–Crippen MR) is 68.1 cm³/mol. The number of amides is 4. The molecule has 1 saturated heterocycles. The van der Waals surface area contributed by atoms with Gasteiger partial charge in [0.15, 0.2) is 0 Å². The Morgan fingerprint density at radius 2 is 2.05 bits per heavy atom. The minimum Gasteiger partial charge on any atom is -0.481 e. The Labute approximate surface area is 114 Å². The number of methoxy groups -OCH3 is 1. The average molecular weight is 275 g/mol. The summed E-state index contributed by atoms with van der Waals surface area (Å²) in [6.07, 6.45) is 3.14. The minimum absolute atomic E-state index is 0.326. The number of ether oxygens (including phenoxy) is 1. The van der Waals surface area contributed by atoms with Crippen molar-refractivity contribution in [3.05, 3.63) is 18.3 Å². The lowest BCUT2D eigenvalue weighted by Crippen LogP contribution is -2.66. The van der Waals surface area contributed by atoms with E-state index in [1.165, 1.54) is 13.3 Å². The molecule has 2 aliphatic rings. The van der Waals surface area contributed by atoms with Gasteiger partial charge in [-0.25, -0.2) is 14.7 Å². The van der Waals surface area contributed by atoms with Gasteiger partial charge in [-0.2, -0.15) is 0 Å². The van der Waals surface area contributed by atoms with Crippen LogP contribution in [0.5, 0.6) is 5.88 Å². The Balaban J connectivity index is 1.96. The summed E-state index contributed by atoms with van der Waals surface area (Å²) < 4.78 is 4.93. The van der Waals surface area contributed by atoms with E-state index in [4.69, 9.17) is 4.74 Å². The third-order valence-corrected chi connectivity index (χ3v) is 3.87. The highest BCUT2D eigenvalue weighted by atomic mass is 16.5. The first-order valence-corrected chi connectivity index (χ1v) is 6.28. The van der Waals surface area contributed by atoms with Crippen LogP contribution in [0, 0.1) is 5.41 Å². The predicted octanol–water partition coefficient (Wildman–Crippen LogP) is 0.843. The van der Waals surface area contributed by atoms with Crippen LogP contribution in [0.3, 0.4) is 0 Å². The summed E-state index contributed by atoms with van der Waals surface area (Å²) >= 11 is 0. The molecule has 2 fully saturated rings. The zero-order valence-electron chi connectivity index (χ0n) is 10.9. The molecule has 1 aromatic heterocycles. The molecule has 1 N–H and O–H groups in total. The zero-order chi connectivity index (χ0) is 14.3. The Hall–Kier alpha value is -2.44. The van der Waals surface area contributed by atoms with Crippen LogP contribution in [0.1, 0.15) is 19.3 Å². The molecule has 1 spiro atoms. The second-order valence-electron chi connectivity index (χ2n) is 4.89. The van der Waals surface area contributed by atoms with Crippen LogP contribution in [0.4, 0.5) is 10.5 Å². The Morgan fingerprint density at radius 3 is 2.55 bits per heavy atom. The van der Waals surface area contributed by atoms with E-state index in [0.717, 1.165) is 11.3 Å². The lowest BCUT2D eigenvalue weighted by molar-refractivity contribution is -0.148. The normalized spacial score (nSPS) is 20.6. The Bertz CT molecular complexity index is 592. The van der Waals surface area contributed by atoms with Gasteiger partial charge in [0, 0.05) is 6.07 Å². The SMILES string of the molecule is COc1ccc(N2C(=O)NC(=O)C3(CCC3)C2=O)cn1. The van der Waals surface area contributed by atoms with E-state index in [1.807, 2.05) is 0 Å². The molecule has 7 heteroatoms. The molecule has 7 nitrogen and oxygen atoms in total. The molecular formula is C13H13N3O4. The Morgan fingerprint density at radius 1 is 1.30 bits per heavy atom. The summed E-state index contributed by atoms with van der Waals surface area (Å²) in [6.45, 7) is 0. The number of hydrogen-bond donors (Lipinski definition) is 1. The largest absolute Gasteiger partial charge is 0.481 e. The lowest BCUT2D eigenvalue weighted by atomic mass is 9.66. The maximum Gasteiger partial charge on any atom is 0.335 e. The van der Waals surface area contributed by atoms with Gasteiger partial charge in [0.2, 0.25) is 11.8 Å². The molecule has 20 heavy (non-hydrogen) atoms. The quantitative estimate of drug-likeness (QED) is 0.808. The average Bonchev–Trinajstić information content (AvgIpc) is 2.37. The van der Waals surface area contributed by atoms with Crippen LogP contribution in [-0.2, 0) is 9.59 Å². The standard InChI is InChI=1S/C13H13N3O4/c1-20-9-4-3-8(7-14-9)16-11(18)13(5-2-6-13)10(17)15-12(16)19/h3-4,7H,2,5-6H2,1H3,(H,15,17,19). The first kappa shape index (κ1) is 12.6. The highest BCUT2D eigenvalue weighted by molar-refractivity contribution is 6.30. The van der Waals surface area contributed by atoms with Crippen molar-refractivity contribution in [1.29, 1.82) is 0 Å². The van der Waals surface area contributed by atoms with Crippen LogP contribution in [0.25, 0.3) is 0 Å². The number of pyridine rings is 1. The molecule has 1 aliphatic carbocycles. The highest BCUT2D eigenvalue weighted by Gasteiger charge is 2.57. The van der Waals surface area contributed by atoms with Gasteiger partial charge in [-0.1, -0.05) is 6.42 Å². The fourth-order valence-corrected chi connectivity index (χ4v) is 2.51. The van der Waals surface area contributed by atoms with Gasteiger partial charge in [0.1, 0.15) is 5.41 Å². The number of hydrogen-bond acceptors (Lipinski definition) is 5. The van der Waals surface area contributed by atoms with E-state index in [-0.39, 0.29) is 0 Å². The minimum atomic E-state index is -1.08. The molecule has 1 aliphatic heterocycles. The molecule has 0 aromatic carbocycles. The summed E-state index contributed by atoms with van der Waals surface area (Å²) in [4.78, 5) is 41.2. The topological polar surface area (TPSA) is 88.6 Å². The van der Waals surface area contributed by atoms with Crippen LogP contribution >= 0.6 is 0 Å². The van der Waals surface area contributed by atoms with Crippen molar-refractivity contribution in [2.24, 2.45) is 5.41 Å². The molecule has 104 valence electrons. The van der Waals surface area contributed by atoms with Crippen molar-refractivity contribution in [1.82, 2.24) is 10.3 Å². The van der Waals surface area contributed by atoms with Crippen LogP contribution in [0.15, 0.2) is 18.3 Å². The van der Waals surface area contributed by atoms with Crippen molar-refractivity contribution in [3.8, 4) is 5.88 Å². The van der Waals surface area contributed by atoms with Gasteiger partial charge < -0.3 is 4.74 Å². The maximum atomic E-state index is 12.5.